The van der Waals surface area contributed by atoms with Crippen molar-refractivity contribution in [3.8, 4) is 0 Å². The molecular weight excluding hydrogens is 327 g/mol. The Morgan fingerprint density at radius 2 is 1.77 bits per heavy atom. The number of H-pyrrole nitrogens is 1. The number of aliphatic hydroxyl groups is 1. The number of β-amino-alcohol motifs (C(OH)–C–C–N with tert-alkyl or cyclic N) is 1. The van der Waals surface area contributed by atoms with Crippen LogP contribution in [0.5, 0.6) is 0 Å². The summed E-state index contributed by atoms with van der Waals surface area (Å²) in [5.74, 6) is -0.205. The smallest absolute Gasteiger partial charge is 0.126 e. The zero-order valence-electron chi connectivity index (χ0n) is 14.7. The Kier molecular flexibility index (Phi) is 4.62. The summed E-state index contributed by atoms with van der Waals surface area (Å²) in [6.45, 7) is 2.24. The van der Waals surface area contributed by atoms with Gasteiger partial charge in [-0.15, -0.1) is 0 Å². The molecule has 0 bridgehead atoms. The standard InChI is InChI=1S/C22H23FN2O/c23-20-9-5-4-8-18(20)14-19-10-12-24-21(19)22(26)11-13-25(16-22)15-17-6-2-1-3-7-17/h1-10,12,24,26H,11,13-16H2. The second-order valence-electron chi connectivity index (χ2n) is 7.12. The minimum Gasteiger partial charge on any atom is -0.382 e. The first kappa shape index (κ1) is 17.0. The number of nitrogens with zero attached hydrogens (tertiary/aromatic N) is 1. The lowest BCUT2D eigenvalue weighted by molar-refractivity contribution is 0.0407. The predicted molar refractivity (Wildman–Crippen MR) is 100 cm³/mol. The summed E-state index contributed by atoms with van der Waals surface area (Å²) in [5.41, 5.74) is 2.75. The Labute approximate surface area is 153 Å². The molecule has 26 heavy (non-hydrogen) atoms. The van der Waals surface area contributed by atoms with Crippen LogP contribution >= 0.6 is 0 Å². The van der Waals surface area contributed by atoms with Crippen LogP contribution in [0.3, 0.4) is 0 Å². The minimum absolute atomic E-state index is 0.205. The average Bonchev–Trinajstić information content (AvgIpc) is 3.26. The van der Waals surface area contributed by atoms with E-state index >= 15 is 0 Å². The van der Waals surface area contributed by atoms with Gasteiger partial charge in [-0.1, -0.05) is 48.5 Å². The highest BCUT2D eigenvalue weighted by Gasteiger charge is 2.39. The van der Waals surface area contributed by atoms with E-state index in [2.05, 4.69) is 22.0 Å². The van der Waals surface area contributed by atoms with E-state index in [4.69, 9.17) is 0 Å². The van der Waals surface area contributed by atoms with Gasteiger partial charge < -0.3 is 10.1 Å². The molecule has 2 aromatic carbocycles. The highest BCUT2D eigenvalue weighted by Crippen LogP contribution is 2.34. The van der Waals surface area contributed by atoms with E-state index in [0.717, 1.165) is 24.3 Å². The molecule has 1 saturated heterocycles. The summed E-state index contributed by atoms with van der Waals surface area (Å²) in [6, 6.07) is 19.1. The second-order valence-corrected chi connectivity index (χ2v) is 7.12. The summed E-state index contributed by atoms with van der Waals surface area (Å²) in [7, 11) is 0. The van der Waals surface area contributed by atoms with Gasteiger partial charge in [-0.3, -0.25) is 4.90 Å². The summed E-state index contributed by atoms with van der Waals surface area (Å²) in [6.07, 6.45) is 2.99. The van der Waals surface area contributed by atoms with Gasteiger partial charge in [0.25, 0.3) is 0 Å². The first-order valence-electron chi connectivity index (χ1n) is 9.03. The first-order valence-corrected chi connectivity index (χ1v) is 9.03. The molecule has 2 N–H and O–H groups in total. The zero-order valence-corrected chi connectivity index (χ0v) is 14.7. The van der Waals surface area contributed by atoms with Crippen molar-refractivity contribution >= 4 is 0 Å². The van der Waals surface area contributed by atoms with Gasteiger partial charge in [0.2, 0.25) is 0 Å². The van der Waals surface area contributed by atoms with E-state index in [1.54, 1.807) is 12.1 Å². The Hall–Kier alpha value is -2.43. The number of aromatic nitrogens is 1. The van der Waals surface area contributed by atoms with Crippen LogP contribution in [-0.4, -0.2) is 28.1 Å². The number of rotatable bonds is 5. The first-order chi connectivity index (χ1) is 12.6. The van der Waals surface area contributed by atoms with E-state index in [1.807, 2.05) is 36.5 Å². The average molecular weight is 350 g/mol. The second kappa shape index (κ2) is 7.06. The molecule has 1 aromatic heterocycles. The van der Waals surface area contributed by atoms with Crippen molar-refractivity contribution in [2.75, 3.05) is 13.1 Å². The van der Waals surface area contributed by atoms with E-state index in [9.17, 15) is 9.50 Å². The Bertz CT molecular complexity index is 877. The maximum absolute atomic E-state index is 14.0. The molecule has 1 fully saturated rings. The topological polar surface area (TPSA) is 39.3 Å². The van der Waals surface area contributed by atoms with Gasteiger partial charge in [0.1, 0.15) is 11.4 Å². The third-order valence-corrected chi connectivity index (χ3v) is 5.21. The van der Waals surface area contributed by atoms with E-state index in [-0.39, 0.29) is 5.82 Å². The number of hydrogen-bond acceptors (Lipinski definition) is 2. The van der Waals surface area contributed by atoms with E-state index in [0.29, 0.717) is 24.9 Å². The van der Waals surface area contributed by atoms with Gasteiger partial charge in [0, 0.05) is 32.3 Å². The minimum atomic E-state index is -0.918. The number of benzene rings is 2. The molecule has 0 amide bonds. The molecule has 0 aliphatic carbocycles. The highest BCUT2D eigenvalue weighted by atomic mass is 19.1. The van der Waals surface area contributed by atoms with Crippen LogP contribution in [0, 0.1) is 5.82 Å². The zero-order chi connectivity index (χ0) is 18.0. The molecule has 0 saturated carbocycles. The van der Waals surface area contributed by atoms with Crippen molar-refractivity contribution in [1.82, 2.24) is 9.88 Å². The van der Waals surface area contributed by atoms with Crippen LogP contribution in [-0.2, 0) is 18.6 Å². The Morgan fingerprint density at radius 1 is 1.00 bits per heavy atom. The molecule has 0 radical (unpaired) electrons. The van der Waals surface area contributed by atoms with Crippen molar-refractivity contribution in [2.45, 2.75) is 25.0 Å². The molecule has 3 nitrogen and oxygen atoms in total. The van der Waals surface area contributed by atoms with Crippen LogP contribution in [0.15, 0.2) is 66.9 Å². The van der Waals surface area contributed by atoms with Crippen LogP contribution in [0.25, 0.3) is 0 Å². The largest absolute Gasteiger partial charge is 0.382 e. The molecule has 0 spiro atoms. The normalized spacial score (nSPS) is 20.5. The lowest BCUT2D eigenvalue weighted by atomic mass is 9.93. The van der Waals surface area contributed by atoms with Crippen molar-refractivity contribution in [3.63, 3.8) is 0 Å². The summed E-state index contributed by atoms with van der Waals surface area (Å²) < 4.78 is 14.0. The molecule has 1 aliphatic rings. The third-order valence-electron chi connectivity index (χ3n) is 5.21. The Morgan fingerprint density at radius 3 is 2.58 bits per heavy atom. The monoisotopic (exact) mass is 350 g/mol. The fourth-order valence-electron chi connectivity index (χ4n) is 3.88. The fourth-order valence-corrected chi connectivity index (χ4v) is 3.88. The van der Waals surface area contributed by atoms with Crippen LogP contribution in [0.1, 0.15) is 28.8 Å². The van der Waals surface area contributed by atoms with Gasteiger partial charge in [-0.25, -0.2) is 4.39 Å². The summed E-state index contributed by atoms with van der Waals surface area (Å²) in [4.78, 5) is 5.48. The van der Waals surface area contributed by atoms with Crippen molar-refractivity contribution < 1.29 is 9.50 Å². The molecule has 2 heterocycles. The maximum Gasteiger partial charge on any atom is 0.126 e. The molecular formula is C22H23FN2O. The van der Waals surface area contributed by atoms with Gasteiger partial charge in [0.05, 0.1) is 5.69 Å². The van der Waals surface area contributed by atoms with Crippen molar-refractivity contribution in [1.29, 1.82) is 0 Å². The fraction of sp³-hybridized carbons (Fsp3) is 0.273. The van der Waals surface area contributed by atoms with Gasteiger partial charge >= 0.3 is 0 Å². The third kappa shape index (κ3) is 3.43. The van der Waals surface area contributed by atoms with Crippen LogP contribution < -0.4 is 0 Å². The van der Waals surface area contributed by atoms with Crippen molar-refractivity contribution in [2.24, 2.45) is 0 Å². The molecule has 134 valence electrons. The molecule has 1 aliphatic heterocycles. The van der Waals surface area contributed by atoms with Crippen LogP contribution in [0.2, 0.25) is 0 Å². The maximum atomic E-state index is 14.0. The number of nitrogens with one attached hydrogen (secondary N) is 1. The lowest BCUT2D eigenvalue weighted by Gasteiger charge is -2.24. The molecule has 3 aromatic rings. The highest BCUT2D eigenvalue weighted by molar-refractivity contribution is 5.34. The van der Waals surface area contributed by atoms with Gasteiger partial charge in [-0.05, 0) is 35.2 Å². The number of hydrogen-bond donors (Lipinski definition) is 2. The quantitative estimate of drug-likeness (QED) is 0.734. The summed E-state index contributed by atoms with van der Waals surface area (Å²) in [5, 5.41) is 11.3. The summed E-state index contributed by atoms with van der Waals surface area (Å²) >= 11 is 0. The Balaban J connectivity index is 1.51. The van der Waals surface area contributed by atoms with E-state index in [1.165, 1.54) is 11.6 Å². The van der Waals surface area contributed by atoms with Gasteiger partial charge in [0.15, 0.2) is 0 Å². The molecule has 4 rings (SSSR count). The number of likely N-dealkylation sites (tertiary alicyclic amines) is 1. The van der Waals surface area contributed by atoms with Gasteiger partial charge in [-0.2, -0.15) is 0 Å². The lowest BCUT2D eigenvalue weighted by Crippen LogP contribution is -2.32. The number of aromatic amines is 1. The molecule has 4 heteroatoms. The molecule has 1 atom stereocenters. The number of halogens is 1. The van der Waals surface area contributed by atoms with E-state index < -0.39 is 5.60 Å². The van der Waals surface area contributed by atoms with Crippen LogP contribution in [0.4, 0.5) is 4.39 Å². The predicted octanol–water partition coefficient (Wildman–Crippen LogP) is 3.84. The van der Waals surface area contributed by atoms with Crippen molar-refractivity contribution in [3.05, 3.63) is 95.1 Å². The SMILES string of the molecule is OC1(c2[nH]ccc2Cc2ccccc2F)CCN(Cc2ccccc2)C1. The molecule has 1 unspecified atom stereocenters.